The molecule has 1 fully saturated rings. The van der Waals surface area contributed by atoms with Crippen molar-refractivity contribution >= 4 is 52.5 Å². The van der Waals surface area contributed by atoms with Crippen LogP contribution >= 0.6 is 11.3 Å². The number of nitrogens with zero attached hydrogens (tertiary/aromatic N) is 9. The van der Waals surface area contributed by atoms with Gasteiger partial charge in [-0.15, -0.1) is 21.5 Å². The van der Waals surface area contributed by atoms with Gasteiger partial charge in [-0.2, -0.15) is 0 Å². The van der Waals surface area contributed by atoms with Gasteiger partial charge in [-0.1, -0.05) is 51.1 Å². The van der Waals surface area contributed by atoms with Crippen molar-refractivity contribution in [2.45, 2.75) is 112 Å². The second kappa shape index (κ2) is 21.1. The molecule has 4 aromatic heterocycles. The van der Waals surface area contributed by atoms with Crippen molar-refractivity contribution in [2.75, 3.05) is 36.5 Å². The predicted molar refractivity (Wildman–Crippen MR) is 258 cm³/mol. The normalized spacial score (nSPS) is 16.2. The maximum atomic E-state index is 14.1. The highest BCUT2D eigenvalue weighted by Gasteiger charge is 2.44. The lowest BCUT2D eigenvalue weighted by Crippen LogP contribution is -2.58. The standard InChI is InChI=1S/C48H61N13O6S/c1-9-59-26-53-57-44(59)35-11-10-12-38(54-35)61-25-34-33(46(61)66)20-39(58(8)28(2)3)55-36(34)22-49-23-41(64)50-18-17-40(63)56-43(48(5,6)7)47(67)60-24-32(62)19-37(60)45(65)51-21-30-13-15-31(16-14-30)42-29(4)52-27-68-42/h10-16,20,26-28,32,37,43,49,62H,9,17-19,21-25H2,1-8H3,(H,50,64)(H,51,65)(H,56,63)/t32-,37+,43-/m1/s1. The number of carbonyl (C=O) groups excluding carboxylic acids is 5. The first kappa shape index (κ1) is 49.3. The van der Waals surface area contributed by atoms with Crippen molar-refractivity contribution < 1.29 is 29.1 Å². The van der Waals surface area contributed by atoms with Crippen LogP contribution in [-0.4, -0.2) is 120 Å². The number of hydrogen-bond donors (Lipinski definition) is 5. The zero-order valence-corrected chi connectivity index (χ0v) is 40.7. The number of rotatable bonds is 18. The lowest BCUT2D eigenvalue weighted by Gasteiger charge is -2.35. The van der Waals surface area contributed by atoms with E-state index in [4.69, 9.17) is 9.97 Å². The van der Waals surface area contributed by atoms with E-state index in [2.05, 4.69) is 36.4 Å². The van der Waals surface area contributed by atoms with Gasteiger partial charge in [0.15, 0.2) is 5.82 Å². The molecule has 7 rings (SSSR count). The number of aliphatic hydroxyl groups is 1. The largest absolute Gasteiger partial charge is 0.391 e. The van der Waals surface area contributed by atoms with Gasteiger partial charge in [-0.25, -0.2) is 15.0 Å². The zero-order valence-electron chi connectivity index (χ0n) is 39.9. The molecule has 6 heterocycles. The van der Waals surface area contributed by atoms with E-state index in [1.165, 1.54) is 4.90 Å². The summed E-state index contributed by atoms with van der Waals surface area (Å²) in [6.45, 7) is 14.6. The maximum Gasteiger partial charge on any atom is 0.260 e. The van der Waals surface area contributed by atoms with Crippen LogP contribution < -0.4 is 31.1 Å². The summed E-state index contributed by atoms with van der Waals surface area (Å²) in [6.07, 6.45) is 0.692. The molecule has 2 aliphatic rings. The van der Waals surface area contributed by atoms with Crippen LogP contribution in [0.3, 0.4) is 0 Å². The summed E-state index contributed by atoms with van der Waals surface area (Å²) in [5, 5.41) is 30.5. The topological polar surface area (TPSA) is 233 Å². The summed E-state index contributed by atoms with van der Waals surface area (Å²) >= 11 is 1.56. The number of amides is 5. The van der Waals surface area contributed by atoms with E-state index in [1.807, 2.05) is 101 Å². The average Bonchev–Trinajstić information content (AvgIpc) is 4.13. The molecular weight excluding hydrogens is 887 g/mol. The number of β-amino-alcohol motifs (C(OH)–C–C–N with tert-alkyl or cyclic N) is 1. The van der Waals surface area contributed by atoms with Crippen molar-refractivity contribution in [1.82, 2.24) is 55.9 Å². The van der Waals surface area contributed by atoms with Crippen molar-refractivity contribution in [3.8, 4) is 22.0 Å². The van der Waals surface area contributed by atoms with Crippen molar-refractivity contribution in [3.63, 3.8) is 0 Å². The summed E-state index contributed by atoms with van der Waals surface area (Å²) < 4.78 is 1.88. The third-order valence-electron chi connectivity index (χ3n) is 12.3. The van der Waals surface area contributed by atoms with Gasteiger partial charge in [-0.05, 0) is 62.4 Å². The van der Waals surface area contributed by atoms with Gasteiger partial charge in [0.25, 0.3) is 5.91 Å². The molecule has 19 nitrogen and oxygen atoms in total. The Hall–Kier alpha value is -6.64. The third-order valence-corrected chi connectivity index (χ3v) is 13.3. The van der Waals surface area contributed by atoms with Crippen LogP contribution in [0.4, 0.5) is 11.6 Å². The van der Waals surface area contributed by atoms with E-state index in [0.717, 1.165) is 27.3 Å². The average molecular weight is 948 g/mol. The quantitative estimate of drug-likeness (QED) is 0.0847. The number of hydrogen-bond acceptors (Lipinski definition) is 14. The van der Waals surface area contributed by atoms with Gasteiger partial charge in [0.2, 0.25) is 23.6 Å². The molecule has 360 valence electrons. The van der Waals surface area contributed by atoms with E-state index in [-0.39, 0.29) is 70.0 Å². The highest BCUT2D eigenvalue weighted by molar-refractivity contribution is 7.13. The molecule has 1 aromatic carbocycles. The van der Waals surface area contributed by atoms with Gasteiger partial charge in [0, 0.05) is 64.2 Å². The lowest BCUT2D eigenvalue weighted by atomic mass is 9.85. The number of nitrogens with one attached hydrogen (secondary N) is 4. The molecule has 1 saturated heterocycles. The Morgan fingerprint density at radius 1 is 1.01 bits per heavy atom. The maximum absolute atomic E-state index is 14.1. The summed E-state index contributed by atoms with van der Waals surface area (Å²) in [6, 6.07) is 13.2. The Morgan fingerprint density at radius 3 is 2.47 bits per heavy atom. The van der Waals surface area contributed by atoms with Crippen molar-refractivity contribution in [1.29, 1.82) is 0 Å². The molecule has 20 heteroatoms. The van der Waals surface area contributed by atoms with Gasteiger partial charge in [0.1, 0.15) is 35.7 Å². The van der Waals surface area contributed by atoms with Crippen LogP contribution in [0.5, 0.6) is 0 Å². The smallest absolute Gasteiger partial charge is 0.260 e. The monoisotopic (exact) mass is 947 g/mol. The van der Waals surface area contributed by atoms with E-state index >= 15 is 0 Å². The zero-order chi connectivity index (χ0) is 48.9. The molecular formula is C48H61N13O6S. The number of aryl methyl sites for hydroxylation is 2. The number of carbonyl (C=O) groups is 5. The molecule has 5 amide bonds. The Kier molecular flexibility index (Phi) is 15.3. The van der Waals surface area contributed by atoms with Crippen LogP contribution in [0.15, 0.2) is 60.4 Å². The lowest BCUT2D eigenvalue weighted by molar-refractivity contribution is -0.144. The highest BCUT2D eigenvalue weighted by Crippen LogP contribution is 2.33. The van der Waals surface area contributed by atoms with Crippen LogP contribution in [0.25, 0.3) is 22.0 Å². The molecule has 2 aliphatic heterocycles. The van der Waals surface area contributed by atoms with E-state index in [0.29, 0.717) is 41.0 Å². The third kappa shape index (κ3) is 11.2. The Morgan fingerprint density at radius 2 is 1.78 bits per heavy atom. The molecule has 68 heavy (non-hydrogen) atoms. The van der Waals surface area contributed by atoms with Crippen molar-refractivity contribution in [2.24, 2.45) is 5.41 Å². The fraction of sp³-hybridized carbons (Fsp3) is 0.458. The number of likely N-dealkylation sites (tertiary alicyclic amines) is 1. The van der Waals surface area contributed by atoms with Crippen LogP contribution in [0.1, 0.15) is 87.3 Å². The summed E-state index contributed by atoms with van der Waals surface area (Å²) in [4.78, 5) is 88.0. The molecule has 0 radical (unpaired) electrons. The Bertz CT molecular complexity index is 2640. The second-order valence-corrected chi connectivity index (χ2v) is 19.4. The number of aromatic nitrogens is 6. The number of fused-ring (bicyclic) bond motifs is 1. The minimum absolute atomic E-state index is 0.00205. The van der Waals surface area contributed by atoms with Gasteiger partial charge < -0.3 is 40.7 Å². The molecule has 0 saturated carbocycles. The Balaban J connectivity index is 0.919. The minimum atomic E-state index is -1.01. The number of pyridine rings is 2. The first-order valence-corrected chi connectivity index (χ1v) is 23.8. The number of benzene rings is 1. The summed E-state index contributed by atoms with van der Waals surface area (Å²) in [5.41, 5.74) is 6.36. The van der Waals surface area contributed by atoms with Gasteiger partial charge >= 0.3 is 0 Å². The fourth-order valence-electron chi connectivity index (χ4n) is 8.20. The van der Waals surface area contributed by atoms with Crippen LogP contribution in [0.2, 0.25) is 0 Å². The van der Waals surface area contributed by atoms with E-state index in [9.17, 15) is 29.1 Å². The number of anilines is 2. The Labute approximate surface area is 400 Å². The second-order valence-electron chi connectivity index (χ2n) is 18.5. The predicted octanol–water partition coefficient (Wildman–Crippen LogP) is 3.60. The minimum Gasteiger partial charge on any atom is -0.391 e. The first-order chi connectivity index (χ1) is 32.4. The van der Waals surface area contributed by atoms with Crippen LogP contribution in [0, 0.1) is 12.3 Å². The summed E-state index contributed by atoms with van der Waals surface area (Å²) in [5.74, 6) is -0.230. The first-order valence-electron chi connectivity index (χ1n) is 22.9. The summed E-state index contributed by atoms with van der Waals surface area (Å²) in [7, 11) is 1.91. The highest BCUT2D eigenvalue weighted by atomic mass is 32.1. The molecule has 0 spiro atoms. The SMILES string of the molecule is CCn1cnnc1-c1cccc(N2Cc3c(cc(N(C)C(C)C)nc3CNCC(=O)NCCC(=O)N[C@H](C(=O)N3C[C@H](O)C[C@H]3C(=O)NCc3ccc(-c4scnc4C)cc3)C(C)(C)C)C2=O)n1. The molecule has 5 N–H and O–H groups in total. The van der Waals surface area contributed by atoms with E-state index < -0.39 is 41.3 Å². The number of aliphatic hydroxyl groups excluding tert-OH is 1. The fourth-order valence-corrected chi connectivity index (χ4v) is 9.01. The molecule has 0 aliphatic carbocycles. The molecule has 5 aromatic rings. The molecule has 0 bridgehead atoms. The molecule has 0 unspecified atom stereocenters. The van der Waals surface area contributed by atoms with Gasteiger partial charge in [-0.3, -0.25) is 28.9 Å². The van der Waals surface area contributed by atoms with E-state index in [1.54, 1.807) is 40.2 Å². The van der Waals surface area contributed by atoms with Crippen molar-refractivity contribution in [3.05, 3.63) is 88.4 Å². The molecule has 3 atom stereocenters. The van der Waals surface area contributed by atoms with Gasteiger partial charge in [0.05, 0.1) is 46.5 Å². The number of thiazole rings is 1. The van der Waals surface area contributed by atoms with Crippen LogP contribution in [-0.2, 0) is 45.4 Å².